The van der Waals surface area contributed by atoms with Crippen molar-refractivity contribution in [2.45, 2.75) is 58.4 Å². The molecule has 132 valence electrons. The summed E-state index contributed by atoms with van der Waals surface area (Å²) in [6.07, 6.45) is 4.95. The number of ether oxygens (including phenoxy) is 2. The quantitative estimate of drug-likeness (QED) is 0.547. The van der Waals surface area contributed by atoms with Crippen molar-refractivity contribution in [2.75, 3.05) is 13.7 Å². The van der Waals surface area contributed by atoms with Gasteiger partial charge in [0.05, 0.1) is 13.7 Å². The molecule has 1 N–H and O–H groups in total. The average molecular weight is 327 g/mol. The zero-order valence-corrected chi connectivity index (χ0v) is 14.4. The highest BCUT2D eigenvalue weighted by Gasteiger charge is 2.35. The molecule has 0 aliphatic heterocycles. The summed E-state index contributed by atoms with van der Waals surface area (Å²) < 4.78 is 9.65. The Hall–Kier alpha value is -1.59. The van der Waals surface area contributed by atoms with Crippen molar-refractivity contribution in [3.8, 4) is 0 Å². The second-order valence-corrected chi connectivity index (χ2v) is 6.12. The van der Waals surface area contributed by atoms with Crippen molar-refractivity contribution in [1.82, 2.24) is 5.32 Å². The number of amides is 1. The summed E-state index contributed by atoms with van der Waals surface area (Å²) in [6, 6.07) is 0.0390. The van der Waals surface area contributed by atoms with Gasteiger partial charge in [0.15, 0.2) is 0 Å². The molecule has 1 aliphatic rings. The van der Waals surface area contributed by atoms with Crippen molar-refractivity contribution in [2.24, 2.45) is 17.8 Å². The second kappa shape index (κ2) is 10.2. The third kappa shape index (κ3) is 6.20. The maximum atomic E-state index is 11.6. The van der Waals surface area contributed by atoms with E-state index in [1.54, 1.807) is 6.92 Å². The summed E-state index contributed by atoms with van der Waals surface area (Å²) in [4.78, 5) is 34.4. The summed E-state index contributed by atoms with van der Waals surface area (Å²) in [5.74, 6) is 0.275. The molecule has 4 atom stereocenters. The standard InChI is InChI=1S/C17H29NO5/c1-4-12(11-19)15-8-7-14(18-17(21)23-5-2)10-13(15)6-9-16(20)22-3/h11-15H,4-10H2,1-3H3,(H,18,21)/t12-,13+,14+,15-/m0/s1. The molecule has 0 radical (unpaired) electrons. The van der Waals surface area contributed by atoms with Crippen LogP contribution < -0.4 is 5.32 Å². The van der Waals surface area contributed by atoms with Gasteiger partial charge in [-0.1, -0.05) is 6.92 Å². The van der Waals surface area contributed by atoms with Gasteiger partial charge in [-0.2, -0.15) is 0 Å². The lowest BCUT2D eigenvalue weighted by Crippen LogP contribution is -2.43. The lowest BCUT2D eigenvalue weighted by atomic mass is 9.69. The largest absolute Gasteiger partial charge is 0.469 e. The van der Waals surface area contributed by atoms with Gasteiger partial charge >= 0.3 is 12.1 Å². The molecule has 0 spiro atoms. The molecule has 0 bridgehead atoms. The fraction of sp³-hybridized carbons (Fsp3) is 0.824. The Bertz CT molecular complexity index is 398. The van der Waals surface area contributed by atoms with Crippen LogP contribution >= 0.6 is 0 Å². The molecule has 1 rings (SSSR count). The van der Waals surface area contributed by atoms with Crippen LogP contribution in [0.5, 0.6) is 0 Å². The number of rotatable bonds is 8. The monoisotopic (exact) mass is 327 g/mol. The zero-order chi connectivity index (χ0) is 17.2. The SMILES string of the molecule is CCOC(=O)N[C@@H]1CC[C@@H]([C@H](C=O)CC)[C@H](CCC(=O)OC)C1. The maximum Gasteiger partial charge on any atom is 0.407 e. The van der Waals surface area contributed by atoms with Gasteiger partial charge in [-0.3, -0.25) is 4.79 Å². The zero-order valence-electron chi connectivity index (χ0n) is 14.4. The first-order chi connectivity index (χ1) is 11.0. The highest BCUT2D eigenvalue weighted by atomic mass is 16.5. The number of nitrogens with one attached hydrogen (secondary N) is 1. The number of alkyl carbamates (subject to hydrolysis) is 1. The minimum absolute atomic E-state index is 0.0150. The Balaban J connectivity index is 2.68. The van der Waals surface area contributed by atoms with Crippen LogP contribution in [0.1, 0.15) is 52.4 Å². The van der Waals surface area contributed by atoms with E-state index in [0.29, 0.717) is 19.4 Å². The molecule has 1 fully saturated rings. The molecule has 0 saturated heterocycles. The molecule has 1 amide bonds. The number of esters is 1. The lowest BCUT2D eigenvalue weighted by Gasteiger charge is -2.38. The van der Waals surface area contributed by atoms with Crippen LogP contribution in [-0.2, 0) is 19.1 Å². The Labute approximate surface area is 138 Å². The average Bonchev–Trinajstić information content (AvgIpc) is 2.55. The van der Waals surface area contributed by atoms with Gasteiger partial charge in [-0.25, -0.2) is 4.79 Å². The molecule has 0 unspecified atom stereocenters. The van der Waals surface area contributed by atoms with Gasteiger partial charge in [0.2, 0.25) is 0 Å². The van der Waals surface area contributed by atoms with Crippen LogP contribution in [0.25, 0.3) is 0 Å². The fourth-order valence-electron chi connectivity index (χ4n) is 3.56. The van der Waals surface area contributed by atoms with Gasteiger partial charge < -0.3 is 19.6 Å². The molecular weight excluding hydrogens is 298 g/mol. The van der Waals surface area contributed by atoms with E-state index in [1.807, 2.05) is 6.92 Å². The van der Waals surface area contributed by atoms with Crippen LogP contribution in [0.2, 0.25) is 0 Å². The second-order valence-electron chi connectivity index (χ2n) is 6.12. The van der Waals surface area contributed by atoms with Crippen LogP contribution in [0.15, 0.2) is 0 Å². The van der Waals surface area contributed by atoms with Crippen LogP contribution in [0.4, 0.5) is 4.79 Å². The number of aldehydes is 1. The summed E-state index contributed by atoms with van der Waals surface area (Å²) in [7, 11) is 1.38. The Morgan fingerprint density at radius 1 is 1.30 bits per heavy atom. The third-order valence-electron chi connectivity index (χ3n) is 4.78. The number of methoxy groups -OCH3 is 1. The first kappa shape index (κ1) is 19.5. The van der Waals surface area contributed by atoms with Crippen molar-refractivity contribution < 1.29 is 23.9 Å². The molecule has 0 aromatic rings. The fourth-order valence-corrected chi connectivity index (χ4v) is 3.56. The molecule has 1 saturated carbocycles. The molecular formula is C17H29NO5. The minimum Gasteiger partial charge on any atom is -0.469 e. The van der Waals surface area contributed by atoms with E-state index >= 15 is 0 Å². The van der Waals surface area contributed by atoms with E-state index < -0.39 is 6.09 Å². The van der Waals surface area contributed by atoms with E-state index in [-0.39, 0.29) is 29.8 Å². The predicted octanol–water partition coefficient (Wildman–Crippen LogP) is 2.70. The van der Waals surface area contributed by atoms with Crippen LogP contribution in [0.3, 0.4) is 0 Å². The van der Waals surface area contributed by atoms with Crippen LogP contribution in [-0.4, -0.2) is 38.1 Å². The lowest BCUT2D eigenvalue weighted by molar-refractivity contribution is -0.141. The Morgan fingerprint density at radius 3 is 2.61 bits per heavy atom. The molecule has 23 heavy (non-hydrogen) atoms. The van der Waals surface area contributed by atoms with E-state index in [9.17, 15) is 14.4 Å². The van der Waals surface area contributed by atoms with Crippen molar-refractivity contribution in [3.63, 3.8) is 0 Å². The van der Waals surface area contributed by atoms with E-state index in [0.717, 1.165) is 32.0 Å². The molecule has 0 aromatic heterocycles. The smallest absolute Gasteiger partial charge is 0.407 e. The molecule has 6 heteroatoms. The highest BCUT2D eigenvalue weighted by Crippen LogP contribution is 2.38. The maximum absolute atomic E-state index is 11.6. The number of hydrogen-bond acceptors (Lipinski definition) is 5. The molecule has 1 aliphatic carbocycles. The Morgan fingerprint density at radius 2 is 2.04 bits per heavy atom. The minimum atomic E-state index is -0.398. The van der Waals surface area contributed by atoms with Gasteiger partial charge in [0, 0.05) is 18.4 Å². The normalized spacial score (nSPS) is 25.3. The number of hydrogen-bond donors (Lipinski definition) is 1. The van der Waals surface area contributed by atoms with Gasteiger partial charge in [0.25, 0.3) is 0 Å². The Kier molecular flexibility index (Phi) is 8.66. The van der Waals surface area contributed by atoms with Gasteiger partial charge in [0.1, 0.15) is 6.29 Å². The molecule has 0 heterocycles. The van der Waals surface area contributed by atoms with Gasteiger partial charge in [-0.05, 0) is 50.9 Å². The van der Waals surface area contributed by atoms with Crippen molar-refractivity contribution >= 4 is 18.3 Å². The molecule has 6 nitrogen and oxygen atoms in total. The van der Waals surface area contributed by atoms with E-state index in [4.69, 9.17) is 9.47 Å². The number of carbonyl (C=O) groups is 3. The topological polar surface area (TPSA) is 81.7 Å². The third-order valence-corrected chi connectivity index (χ3v) is 4.78. The van der Waals surface area contributed by atoms with Gasteiger partial charge in [-0.15, -0.1) is 0 Å². The van der Waals surface area contributed by atoms with Crippen molar-refractivity contribution in [3.05, 3.63) is 0 Å². The van der Waals surface area contributed by atoms with E-state index in [1.165, 1.54) is 7.11 Å². The predicted molar refractivity (Wildman–Crippen MR) is 85.9 cm³/mol. The summed E-state index contributed by atoms with van der Waals surface area (Å²) in [6.45, 7) is 4.13. The summed E-state index contributed by atoms with van der Waals surface area (Å²) >= 11 is 0. The van der Waals surface area contributed by atoms with Crippen LogP contribution in [0, 0.1) is 17.8 Å². The molecule has 0 aromatic carbocycles. The highest BCUT2D eigenvalue weighted by molar-refractivity contribution is 5.69. The summed E-state index contributed by atoms with van der Waals surface area (Å²) in [5, 5.41) is 2.88. The van der Waals surface area contributed by atoms with E-state index in [2.05, 4.69) is 5.32 Å². The number of carbonyl (C=O) groups excluding carboxylic acids is 3. The first-order valence-corrected chi connectivity index (χ1v) is 8.51. The first-order valence-electron chi connectivity index (χ1n) is 8.51. The summed E-state index contributed by atoms with van der Waals surface area (Å²) in [5.41, 5.74) is 0. The van der Waals surface area contributed by atoms with Crippen molar-refractivity contribution in [1.29, 1.82) is 0 Å².